The highest BCUT2D eigenvalue weighted by Gasteiger charge is 2.19. The van der Waals surface area contributed by atoms with Crippen molar-refractivity contribution in [3.63, 3.8) is 0 Å². The van der Waals surface area contributed by atoms with Crippen LogP contribution in [0, 0.1) is 0 Å². The number of nitrogens with zero attached hydrogens (tertiary/aromatic N) is 3. The molecular weight excluding hydrogens is 326 g/mol. The van der Waals surface area contributed by atoms with Gasteiger partial charge in [0.05, 0.1) is 23.1 Å². The second-order valence-corrected chi connectivity index (χ2v) is 6.85. The van der Waals surface area contributed by atoms with Crippen molar-refractivity contribution in [2.45, 2.75) is 39.8 Å². The summed E-state index contributed by atoms with van der Waals surface area (Å²) in [5, 5.41) is 10.3. The third-order valence-electron chi connectivity index (χ3n) is 4.69. The quantitative estimate of drug-likeness (QED) is 0.751. The first-order valence-electron chi connectivity index (χ1n) is 8.94. The lowest BCUT2D eigenvalue weighted by Gasteiger charge is -2.19. The molecule has 0 radical (unpaired) electrons. The predicted molar refractivity (Wildman–Crippen MR) is 103 cm³/mol. The number of benzene rings is 2. The minimum Gasteiger partial charge on any atom is -0.507 e. The molecule has 2 aromatic carbocycles. The van der Waals surface area contributed by atoms with Crippen LogP contribution in [0.2, 0.25) is 0 Å². The van der Waals surface area contributed by atoms with Crippen molar-refractivity contribution in [1.82, 2.24) is 14.5 Å². The fourth-order valence-electron chi connectivity index (χ4n) is 3.18. The Kier molecular flexibility index (Phi) is 4.98. The number of rotatable bonds is 5. The first-order valence-corrected chi connectivity index (χ1v) is 8.94. The Bertz CT molecular complexity index is 944. The smallest absolute Gasteiger partial charge is 0.257 e. The van der Waals surface area contributed by atoms with Crippen LogP contribution in [0.25, 0.3) is 11.0 Å². The van der Waals surface area contributed by atoms with Crippen molar-refractivity contribution < 1.29 is 9.90 Å². The lowest BCUT2D eigenvalue weighted by molar-refractivity contribution is 0.0777. The molecule has 0 aliphatic heterocycles. The van der Waals surface area contributed by atoms with Crippen LogP contribution in [-0.4, -0.2) is 32.5 Å². The second-order valence-electron chi connectivity index (χ2n) is 6.85. The molecule has 5 heteroatoms. The van der Waals surface area contributed by atoms with Gasteiger partial charge in [0.2, 0.25) is 0 Å². The number of hydrogen-bond donors (Lipinski definition) is 1. The average molecular weight is 351 g/mol. The molecule has 1 heterocycles. The Balaban J connectivity index is 1.86. The van der Waals surface area contributed by atoms with Crippen molar-refractivity contribution in [2.75, 3.05) is 7.05 Å². The number of carbonyl (C=O) groups excluding carboxylic acids is 1. The molecule has 1 aromatic heterocycles. The van der Waals surface area contributed by atoms with E-state index in [1.807, 2.05) is 30.3 Å². The number of amides is 1. The highest BCUT2D eigenvalue weighted by Crippen LogP contribution is 2.25. The summed E-state index contributed by atoms with van der Waals surface area (Å²) in [6.45, 7) is 7.34. The van der Waals surface area contributed by atoms with Crippen LogP contribution in [-0.2, 0) is 13.1 Å². The molecule has 136 valence electrons. The largest absolute Gasteiger partial charge is 0.507 e. The fourth-order valence-corrected chi connectivity index (χ4v) is 3.18. The van der Waals surface area contributed by atoms with E-state index < -0.39 is 0 Å². The monoisotopic (exact) mass is 351 g/mol. The molecule has 0 bridgehead atoms. The van der Waals surface area contributed by atoms with Gasteiger partial charge in [-0.2, -0.15) is 0 Å². The zero-order valence-electron chi connectivity index (χ0n) is 15.7. The van der Waals surface area contributed by atoms with Crippen LogP contribution < -0.4 is 0 Å². The maximum absolute atomic E-state index is 12.8. The summed E-state index contributed by atoms with van der Waals surface area (Å²) in [6, 6.07) is 13.2. The van der Waals surface area contributed by atoms with E-state index in [0.29, 0.717) is 18.0 Å². The Labute approximate surface area is 153 Å². The van der Waals surface area contributed by atoms with Gasteiger partial charge < -0.3 is 14.6 Å². The summed E-state index contributed by atoms with van der Waals surface area (Å²) in [6.07, 6.45) is 0. The number of aromatic nitrogens is 2. The van der Waals surface area contributed by atoms with E-state index in [2.05, 4.69) is 30.3 Å². The third-order valence-corrected chi connectivity index (χ3v) is 4.69. The molecular formula is C21H25N3O2. The molecule has 1 N–H and O–H groups in total. The number of phenolic OH excluding ortho intramolecular Hbond substituents is 1. The third kappa shape index (κ3) is 3.29. The minimum atomic E-state index is -0.215. The van der Waals surface area contributed by atoms with Gasteiger partial charge in [0.1, 0.15) is 11.6 Å². The Morgan fingerprint density at radius 2 is 1.96 bits per heavy atom. The van der Waals surface area contributed by atoms with E-state index in [1.54, 1.807) is 24.1 Å². The highest BCUT2D eigenvalue weighted by molar-refractivity contribution is 5.96. The molecule has 5 nitrogen and oxygen atoms in total. The van der Waals surface area contributed by atoms with Gasteiger partial charge in [0.25, 0.3) is 5.91 Å². The van der Waals surface area contributed by atoms with Crippen LogP contribution >= 0.6 is 0 Å². The number of aromatic hydroxyl groups is 1. The van der Waals surface area contributed by atoms with E-state index in [4.69, 9.17) is 0 Å². The summed E-state index contributed by atoms with van der Waals surface area (Å²) in [7, 11) is 1.73. The van der Waals surface area contributed by atoms with E-state index in [1.165, 1.54) is 0 Å². The van der Waals surface area contributed by atoms with Gasteiger partial charge >= 0.3 is 0 Å². The van der Waals surface area contributed by atoms with Gasteiger partial charge in [-0.1, -0.05) is 32.0 Å². The van der Waals surface area contributed by atoms with Crippen LogP contribution in [0.5, 0.6) is 5.75 Å². The number of aryl methyl sites for hydroxylation is 1. The molecule has 1 amide bonds. The van der Waals surface area contributed by atoms with E-state index in [-0.39, 0.29) is 11.7 Å². The van der Waals surface area contributed by atoms with Crippen LogP contribution in [0.3, 0.4) is 0 Å². The van der Waals surface area contributed by atoms with Gasteiger partial charge in [-0.05, 0) is 42.7 Å². The van der Waals surface area contributed by atoms with Crippen LogP contribution in [0.4, 0.5) is 0 Å². The van der Waals surface area contributed by atoms with Crippen molar-refractivity contribution in [3.05, 3.63) is 59.4 Å². The van der Waals surface area contributed by atoms with Gasteiger partial charge in [-0.3, -0.25) is 4.79 Å². The van der Waals surface area contributed by atoms with E-state index in [9.17, 15) is 9.90 Å². The van der Waals surface area contributed by atoms with Crippen molar-refractivity contribution in [1.29, 1.82) is 0 Å². The number of para-hydroxylation sites is 2. The van der Waals surface area contributed by atoms with Crippen molar-refractivity contribution in [2.24, 2.45) is 0 Å². The maximum Gasteiger partial charge on any atom is 0.257 e. The topological polar surface area (TPSA) is 58.4 Å². The summed E-state index contributed by atoms with van der Waals surface area (Å²) in [5.41, 5.74) is 3.31. The number of hydrogen-bond acceptors (Lipinski definition) is 3. The molecule has 0 fully saturated rings. The molecule has 3 aromatic rings. The molecule has 0 atom stereocenters. The highest BCUT2D eigenvalue weighted by atomic mass is 16.3. The molecule has 0 saturated heterocycles. The number of fused-ring (bicyclic) bond motifs is 1. The molecule has 0 unspecified atom stereocenters. The normalized spacial score (nSPS) is 11.3. The predicted octanol–water partition coefficient (Wildman–Crippen LogP) is 4.16. The standard InChI is InChI=1S/C21H25N3O2/c1-5-24-18-9-7-6-8-17(18)22-20(24)13-23(4)21(26)16-11-10-15(14(2)3)12-19(16)25/h6-12,14,25H,5,13H2,1-4H3. The van der Waals surface area contributed by atoms with Gasteiger partial charge in [-0.25, -0.2) is 4.98 Å². The number of imidazole rings is 1. The molecule has 26 heavy (non-hydrogen) atoms. The zero-order valence-corrected chi connectivity index (χ0v) is 15.7. The van der Waals surface area contributed by atoms with Gasteiger partial charge in [0.15, 0.2) is 0 Å². The maximum atomic E-state index is 12.8. The molecule has 0 aliphatic carbocycles. The lowest BCUT2D eigenvalue weighted by Crippen LogP contribution is -2.27. The lowest BCUT2D eigenvalue weighted by atomic mass is 10.0. The van der Waals surface area contributed by atoms with Gasteiger partial charge in [-0.15, -0.1) is 0 Å². The second kappa shape index (κ2) is 7.20. The number of carbonyl (C=O) groups is 1. The van der Waals surface area contributed by atoms with Crippen LogP contribution in [0.15, 0.2) is 42.5 Å². The summed E-state index contributed by atoms with van der Waals surface area (Å²) >= 11 is 0. The Morgan fingerprint density at radius 1 is 1.23 bits per heavy atom. The molecule has 0 saturated carbocycles. The summed E-state index contributed by atoms with van der Waals surface area (Å²) in [5.74, 6) is 0.944. The first kappa shape index (κ1) is 18.0. The number of phenols is 1. The fraction of sp³-hybridized carbons (Fsp3) is 0.333. The molecule has 3 rings (SSSR count). The van der Waals surface area contributed by atoms with Gasteiger partial charge in [0, 0.05) is 13.6 Å². The first-order chi connectivity index (χ1) is 12.4. The molecule has 0 aliphatic rings. The SMILES string of the molecule is CCn1c(CN(C)C(=O)c2ccc(C(C)C)cc2O)nc2ccccc21. The van der Waals surface area contributed by atoms with E-state index >= 15 is 0 Å². The van der Waals surface area contributed by atoms with Crippen LogP contribution in [0.1, 0.15) is 48.4 Å². The summed E-state index contributed by atoms with van der Waals surface area (Å²) in [4.78, 5) is 19.1. The molecule has 0 spiro atoms. The van der Waals surface area contributed by atoms with E-state index in [0.717, 1.165) is 29.0 Å². The van der Waals surface area contributed by atoms with Crippen molar-refractivity contribution in [3.8, 4) is 5.75 Å². The van der Waals surface area contributed by atoms with Crippen molar-refractivity contribution >= 4 is 16.9 Å². The zero-order chi connectivity index (χ0) is 18.8. The Morgan fingerprint density at radius 3 is 2.62 bits per heavy atom. The Hall–Kier alpha value is -2.82. The minimum absolute atomic E-state index is 0.0250. The summed E-state index contributed by atoms with van der Waals surface area (Å²) < 4.78 is 2.11. The average Bonchev–Trinajstić information content (AvgIpc) is 2.97.